The van der Waals surface area contributed by atoms with Gasteiger partial charge < -0.3 is 15.4 Å². The highest BCUT2D eigenvalue weighted by molar-refractivity contribution is 5.91. The Morgan fingerprint density at radius 1 is 1.20 bits per heavy atom. The Morgan fingerprint density at radius 2 is 1.95 bits per heavy atom. The van der Waals surface area contributed by atoms with Crippen LogP contribution < -0.4 is 10.5 Å². The summed E-state index contributed by atoms with van der Waals surface area (Å²) in [5.41, 5.74) is 7.66. The number of ether oxygens (including phenoxy) is 1. The molecule has 2 rings (SSSR count). The maximum atomic E-state index is 11.7. The smallest absolute Gasteiger partial charge is 0.273 e. The molecule has 1 heterocycles. The van der Waals surface area contributed by atoms with Gasteiger partial charge in [-0.15, -0.1) is 10.2 Å². The van der Waals surface area contributed by atoms with Crippen molar-refractivity contribution in [2.75, 3.05) is 19.8 Å². The molecule has 0 atom stereocenters. The third-order valence-corrected chi connectivity index (χ3v) is 2.76. The molecular formula is C14H16N4O2. The molecule has 2 N–H and O–H groups in total. The molecule has 1 amide bonds. The van der Waals surface area contributed by atoms with Gasteiger partial charge in [0.05, 0.1) is 5.69 Å². The van der Waals surface area contributed by atoms with E-state index in [2.05, 4.69) is 10.2 Å². The van der Waals surface area contributed by atoms with Crippen molar-refractivity contribution in [2.45, 2.75) is 6.92 Å². The molecule has 0 spiro atoms. The summed E-state index contributed by atoms with van der Waals surface area (Å²) < 4.78 is 5.56. The van der Waals surface area contributed by atoms with Crippen molar-refractivity contribution in [1.82, 2.24) is 15.1 Å². The lowest BCUT2D eigenvalue weighted by molar-refractivity contribution is 0.0820. The number of carbonyl (C=O) groups is 1. The van der Waals surface area contributed by atoms with Crippen LogP contribution in [0.1, 0.15) is 16.1 Å². The first-order valence-electron chi connectivity index (χ1n) is 6.07. The van der Waals surface area contributed by atoms with Crippen LogP contribution in [0.25, 0.3) is 0 Å². The standard InChI is InChI=1S/C14H16N4O2/c1-9-5-4-6-11(13(9)15)20-12-8-7-10(16-17-12)14(19)18(2)3/h4-8H,15H2,1-3H3. The predicted molar refractivity (Wildman–Crippen MR) is 75.7 cm³/mol. The summed E-state index contributed by atoms with van der Waals surface area (Å²) in [4.78, 5) is 13.1. The van der Waals surface area contributed by atoms with Crippen LogP contribution in [0.15, 0.2) is 30.3 Å². The number of anilines is 1. The van der Waals surface area contributed by atoms with Gasteiger partial charge in [-0.05, 0) is 24.6 Å². The largest absolute Gasteiger partial charge is 0.435 e. The topological polar surface area (TPSA) is 81.3 Å². The van der Waals surface area contributed by atoms with Crippen LogP contribution in [-0.4, -0.2) is 35.1 Å². The molecule has 6 heteroatoms. The van der Waals surface area contributed by atoms with E-state index in [9.17, 15) is 4.79 Å². The van der Waals surface area contributed by atoms with Crippen LogP contribution in [-0.2, 0) is 0 Å². The molecule has 1 aromatic heterocycles. The van der Waals surface area contributed by atoms with Gasteiger partial charge in [-0.1, -0.05) is 12.1 Å². The van der Waals surface area contributed by atoms with Crippen molar-refractivity contribution in [3.8, 4) is 11.6 Å². The van der Waals surface area contributed by atoms with Gasteiger partial charge in [0.2, 0.25) is 5.88 Å². The highest BCUT2D eigenvalue weighted by Crippen LogP contribution is 2.28. The first kappa shape index (κ1) is 13.8. The quantitative estimate of drug-likeness (QED) is 0.862. The number of nitrogens with two attached hydrogens (primary N) is 1. The van der Waals surface area contributed by atoms with Gasteiger partial charge in [0.1, 0.15) is 0 Å². The molecule has 0 aliphatic heterocycles. The number of para-hydroxylation sites is 1. The normalized spacial score (nSPS) is 10.2. The number of aryl methyl sites for hydroxylation is 1. The molecule has 20 heavy (non-hydrogen) atoms. The Bertz CT molecular complexity index is 624. The molecular weight excluding hydrogens is 256 g/mol. The molecule has 2 aromatic rings. The summed E-state index contributed by atoms with van der Waals surface area (Å²) in [5, 5.41) is 7.71. The third-order valence-electron chi connectivity index (χ3n) is 2.76. The molecule has 0 saturated carbocycles. The van der Waals surface area contributed by atoms with E-state index in [4.69, 9.17) is 10.5 Å². The van der Waals surface area contributed by atoms with Crippen molar-refractivity contribution >= 4 is 11.6 Å². The number of rotatable bonds is 3. The summed E-state index contributed by atoms with van der Waals surface area (Å²) in [7, 11) is 3.31. The SMILES string of the molecule is Cc1cccc(Oc2ccc(C(=O)N(C)C)nn2)c1N. The Balaban J connectivity index is 2.19. The van der Waals surface area contributed by atoms with Crippen molar-refractivity contribution in [1.29, 1.82) is 0 Å². The second-order valence-electron chi connectivity index (χ2n) is 4.55. The molecule has 0 radical (unpaired) electrons. The molecule has 0 fully saturated rings. The number of hydrogen-bond donors (Lipinski definition) is 1. The van der Waals surface area contributed by atoms with Crippen molar-refractivity contribution in [3.05, 3.63) is 41.6 Å². The zero-order chi connectivity index (χ0) is 14.7. The molecule has 1 aromatic carbocycles. The van der Waals surface area contributed by atoms with Crippen LogP contribution in [0.3, 0.4) is 0 Å². The second-order valence-corrected chi connectivity index (χ2v) is 4.55. The van der Waals surface area contributed by atoms with Crippen molar-refractivity contribution < 1.29 is 9.53 Å². The minimum absolute atomic E-state index is 0.209. The summed E-state index contributed by atoms with van der Waals surface area (Å²) in [6.45, 7) is 1.90. The molecule has 0 saturated heterocycles. The highest BCUT2D eigenvalue weighted by atomic mass is 16.5. The van der Waals surface area contributed by atoms with Gasteiger partial charge in [-0.2, -0.15) is 0 Å². The Morgan fingerprint density at radius 3 is 2.55 bits per heavy atom. The van der Waals surface area contributed by atoms with E-state index in [0.717, 1.165) is 5.56 Å². The lowest BCUT2D eigenvalue weighted by atomic mass is 10.2. The fraction of sp³-hybridized carbons (Fsp3) is 0.214. The first-order valence-corrected chi connectivity index (χ1v) is 6.07. The number of hydrogen-bond acceptors (Lipinski definition) is 5. The van der Waals surface area contributed by atoms with E-state index in [1.807, 2.05) is 19.1 Å². The summed E-state index contributed by atoms with van der Waals surface area (Å²) >= 11 is 0. The van der Waals surface area contributed by atoms with Gasteiger partial charge in [0, 0.05) is 20.2 Å². The number of benzene rings is 1. The summed E-state index contributed by atoms with van der Waals surface area (Å²) in [6.07, 6.45) is 0. The second kappa shape index (κ2) is 5.56. The van der Waals surface area contributed by atoms with Crippen molar-refractivity contribution in [2.24, 2.45) is 0 Å². The van der Waals surface area contributed by atoms with Crippen LogP contribution in [0.5, 0.6) is 11.6 Å². The lowest BCUT2D eigenvalue weighted by Crippen LogP contribution is -2.23. The zero-order valence-electron chi connectivity index (χ0n) is 11.6. The molecule has 0 bridgehead atoms. The predicted octanol–water partition coefficient (Wildman–Crippen LogP) is 1.86. The molecule has 0 unspecified atom stereocenters. The van der Waals surface area contributed by atoms with Crippen molar-refractivity contribution in [3.63, 3.8) is 0 Å². The van der Waals surface area contributed by atoms with Gasteiger partial charge in [0.15, 0.2) is 11.4 Å². The Hall–Kier alpha value is -2.63. The van der Waals surface area contributed by atoms with Gasteiger partial charge in [-0.25, -0.2) is 0 Å². The number of aromatic nitrogens is 2. The van der Waals surface area contributed by atoms with E-state index < -0.39 is 0 Å². The van der Waals surface area contributed by atoms with E-state index in [1.165, 1.54) is 4.90 Å². The van der Waals surface area contributed by atoms with Crippen LogP contribution >= 0.6 is 0 Å². The third kappa shape index (κ3) is 2.85. The number of nitrogen functional groups attached to an aromatic ring is 1. The Labute approximate surface area is 117 Å². The van der Waals surface area contributed by atoms with Crippen LogP contribution in [0.4, 0.5) is 5.69 Å². The fourth-order valence-corrected chi connectivity index (χ4v) is 1.57. The van der Waals surface area contributed by atoms with E-state index in [-0.39, 0.29) is 17.5 Å². The first-order chi connectivity index (χ1) is 9.49. The zero-order valence-corrected chi connectivity index (χ0v) is 11.6. The van der Waals surface area contributed by atoms with Gasteiger partial charge in [-0.3, -0.25) is 4.79 Å². The maximum absolute atomic E-state index is 11.7. The molecule has 104 valence electrons. The monoisotopic (exact) mass is 272 g/mol. The minimum Gasteiger partial charge on any atom is -0.435 e. The molecule has 0 aliphatic carbocycles. The minimum atomic E-state index is -0.209. The van der Waals surface area contributed by atoms with E-state index in [1.54, 1.807) is 32.3 Å². The molecule has 0 aliphatic rings. The van der Waals surface area contributed by atoms with Crippen LogP contribution in [0, 0.1) is 6.92 Å². The summed E-state index contributed by atoms with van der Waals surface area (Å²) in [6, 6.07) is 8.65. The van der Waals surface area contributed by atoms with Crippen LogP contribution in [0.2, 0.25) is 0 Å². The van der Waals surface area contributed by atoms with E-state index in [0.29, 0.717) is 11.4 Å². The number of nitrogens with zero attached hydrogens (tertiary/aromatic N) is 3. The molecule has 6 nitrogen and oxygen atoms in total. The average Bonchev–Trinajstić information content (AvgIpc) is 2.44. The average molecular weight is 272 g/mol. The number of carbonyl (C=O) groups excluding carboxylic acids is 1. The van der Waals surface area contributed by atoms with Gasteiger partial charge in [0.25, 0.3) is 5.91 Å². The number of amides is 1. The lowest BCUT2D eigenvalue weighted by Gasteiger charge is -2.10. The maximum Gasteiger partial charge on any atom is 0.273 e. The highest BCUT2D eigenvalue weighted by Gasteiger charge is 2.11. The Kier molecular flexibility index (Phi) is 3.84. The summed E-state index contributed by atoms with van der Waals surface area (Å²) in [5.74, 6) is 0.600. The fourth-order valence-electron chi connectivity index (χ4n) is 1.57. The van der Waals surface area contributed by atoms with E-state index >= 15 is 0 Å². The van der Waals surface area contributed by atoms with Gasteiger partial charge >= 0.3 is 0 Å².